The van der Waals surface area contributed by atoms with Gasteiger partial charge in [0.25, 0.3) is 5.56 Å². The van der Waals surface area contributed by atoms with Gasteiger partial charge in [0.2, 0.25) is 5.91 Å². The number of carbonyl (C=O) groups excluding carboxylic acids is 1. The summed E-state index contributed by atoms with van der Waals surface area (Å²) in [5, 5.41) is 3.22. The first-order valence-electron chi connectivity index (χ1n) is 10.1. The van der Waals surface area contributed by atoms with Gasteiger partial charge >= 0.3 is 0 Å². The van der Waals surface area contributed by atoms with E-state index in [1.54, 1.807) is 25.3 Å². The quantitative estimate of drug-likeness (QED) is 0.305. The van der Waals surface area contributed by atoms with Crippen molar-refractivity contribution in [2.24, 2.45) is 0 Å². The minimum absolute atomic E-state index is 0.143. The number of methoxy groups -OCH3 is 1. The fraction of sp³-hybridized carbons (Fsp3) is 0.208. The number of nitrogens with zero attached hydrogens (tertiary/aromatic N) is 1. The molecule has 32 heavy (non-hydrogen) atoms. The third-order valence-corrected chi connectivity index (χ3v) is 6.04. The topological polar surface area (TPSA) is 93.3 Å². The fourth-order valence-electron chi connectivity index (χ4n) is 3.60. The summed E-state index contributed by atoms with van der Waals surface area (Å²) in [6.45, 7) is 3.99. The zero-order valence-corrected chi connectivity index (χ0v) is 18.4. The highest BCUT2D eigenvalue weighted by Crippen LogP contribution is 2.38. The second kappa shape index (κ2) is 9.74. The van der Waals surface area contributed by atoms with Crippen molar-refractivity contribution in [1.82, 2.24) is 9.97 Å². The van der Waals surface area contributed by atoms with Gasteiger partial charge in [0.05, 0.1) is 12.7 Å². The van der Waals surface area contributed by atoms with Crippen LogP contribution in [0.1, 0.15) is 29.0 Å². The fourth-order valence-corrected chi connectivity index (χ4v) is 4.42. The maximum absolute atomic E-state index is 13.0. The Morgan fingerprint density at radius 2 is 2.00 bits per heavy atom. The standard InChI is InChI=1S/C24H23N3O4S/c1-3-11-31-18-10-9-16(12-19(18)30-2)17-13-20(28)25-22-21(17)23(29)27-24(26-22)32-14-15-7-5-4-6-8-15/h3-10,12,17H,1,11,13-14H2,2H3,(H2,25,26,27,28,29)/t17-/m1/s1. The molecule has 1 aromatic heterocycles. The van der Waals surface area contributed by atoms with Crippen LogP contribution in [0.3, 0.4) is 0 Å². The molecule has 3 aromatic rings. The van der Waals surface area contributed by atoms with Crippen molar-refractivity contribution in [1.29, 1.82) is 0 Å². The monoisotopic (exact) mass is 449 g/mol. The van der Waals surface area contributed by atoms with Gasteiger partial charge in [-0.1, -0.05) is 60.8 Å². The van der Waals surface area contributed by atoms with E-state index in [2.05, 4.69) is 21.9 Å². The molecule has 164 valence electrons. The van der Waals surface area contributed by atoms with Crippen LogP contribution < -0.4 is 20.3 Å². The molecule has 1 aliphatic rings. The smallest absolute Gasteiger partial charge is 0.257 e. The highest BCUT2D eigenvalue weighted by atomic mass is 32.2. The minimum Gasteiger partial charge on any atom is -0.493 e. The maximum atomic E-state index is 13.0. The molecule has 0 unspecified atom stereocenters. The second-order valence-corrected chi connectivity index (χ2v) is 8.19. The van der Waals surface area contributed by atoms with Gasteiger partial charge in [-0.2, -0.15) is 0 Å². The SMILES string of the molecule is C=CCOc1ccc([C@H]2CC(=O)Nc3nc(SCc4ccccc4)[nH]c(=O)c32)cc1OC. The van der Waals surface area contributed by atoms with Gasteiger partial charge in [-0.05, 0) is 23.3 Å². The molecule has 0 spiro atoms. The lowest BCUT2D eigenvalue weighted by atomic mass is 9.86. The lowest BCUT2D eigenvalue weighted by Gasteiger charge is -2.25. The van der Waals surface area contributed by atoms with Crippen molar-refractivity contribution < 1.29 is 14.3 Å². The molecule has 2 N–H and O–H groups in total. The van der Waals surface area contributed by atoms with Crippen LogP contribution in [0.5, 0.6) is 11.5 Å². The van der Waals surface area contributed by atoms with E-state index in [9.17, 15) is 9.59 Å². The Kier molecular flexibility index (Phi) is 6.61. The molecular formula is C24H23N3O4S. The summed E-state index contributed by atoms with van der Waals surface area (Å²) < 4.78 is 11.1. The van der Waals surface area contributed by atoms with Crippen molar-refractivity contribution in [3.05, 3.63) is 88.2 Å². The number of nitrogens with one attached hydrogen (secondary N) is 2. The molecule has 0 saturated heterocycles. The molecule has 4 rings (SSSR count). The number of aromatic nitrogens is 2. The van der Waals surface area contributed by atoms with Gasteiger partial charge in [-0.15, -0.1) is 0 Å². The minimum atomic E-state index is -0.439. The van der Waals surface area contributed by atoms with E-state index in [-0.39, 0.29) is 17.9 Å². The van der Waals surface area contributed by atoms with Crippen LogP contribution >= 0.6 is 11.8 Å². The summed E-state index contributed by atoms with van der Waals surface area (Å²) in [7, 11) is 1.55. The van der Waals surface area contributed by atoms with Crippen LogP contribution in [0.2, 0.25) is 0 Å². The first-order valence-corrected chi connectivity index (χ1v) is 11.1. The Bertz CT molecular complexity index is 1190. The zero-order chi connectivity index (χ0) is 22.5. The highest BCUT2D eigenvalue weighted by molar-refractivity contribution is 7.98. The number of fused-ring (bicyclic) bond motifs is 1. The number of rotatable bonds is 8. The van der Waals surface area contributed by atoms with Crippen LogP contribution in [-0.4, -0.2) is 29.6 Å². The van der Waals surface area contributed by atoms with Gasteiger partial charge in [-0.3, -0.25) is 9.59 Å². The van der Waals surface area contributed by atoms with Gasteiger partial charge < -0.3 is 19.8 Å². The van der Waals surface area contributed by atoms with Gasteiger partial charge in [-0.25, -0.2) is 4.98 Å². The van der Waals surface area contributed by atoms with Crippen molar-refractivity contribution in [2.45, 2.75) is 23.2 Å². The number of aromatic amines is 1. The number of benzene rings is 2. The molecule has 0 aliphatic carbocycles. The van der Waals surface area contributed by atoms with Gasteiger partial charge in [0, 0.05) is 18.1 Å². The first kappa shape index (κ1) is 21.7. The highest BCUT2D eigenvalue weighted by Gasteiger charge is 2.31. The first-order chi connectivity index (χ1) is 15.6. The summed E-state index contributed by atoms with van der Waals surface area (Å²) in [4.78, 5) is 32.8. The number of hydrogen-bond donors (Lipinski definition) is 2. The number of amides is 1. The Morgan fingerprint density at radius 3 is 2.75 bits per heavy atom. The molecule has 0 fully saturated rings. The molecule has 2 heterocycles. The van der Waals surface area contributed by atoms with Crippen LogP contribution in [0.25, 0.3) is 0 Å². The lowest BCUT2D eigenvalue weighted by Crippen LogP contribution is -2.31. The van der Waals surface area contributed by atoms with E-state index < -0.39 is 5.92 Å². The van der Waals surface area contributed by atoms with E-state index in [4.69, 9.17) is 9.47 Å². The Hall–Kier alpha value is -3.52. The molecule has 0 radical (unpaired) electrons. The van der Waals surface area contributed by atoms with Crippen LogP contribution in [0.15, 0.2) is 71.1 Å². The van der Waals surface area contributed by atoms with Crippen LogP contribution in [0, 0.1) is 0 Å². The molecule has 0 saturated carbocycles. The largest absolute Gasteiger partial charge is 0.493 e. The molecule has 2 aromatic carbocycles. The second-order valence-electron chi connectivity index (χ2n) is 7.22. The van der Waals surface area contributed by atoms with Gasteiger partial charge in [0.1, 0.15) is 12.4 Å². The van der Waals surface area contributed by atoms with Crippen molar-refractivity contribution in [3.8, 4) is 11.5 Å². The van der Waals surface area contributed by atoms with Crippen molar-refractivity contribution in [2.75, 3.05) is 19.0 Å². The number of ether oxygens (including phenoxy) is 2. The van der Waals surface area contributed by atoms with Crippen molar-refractivity contribution >= 4 is 23.5 Å². The number of anilines is 1. The third kappa shape index (κ3) is 4.70. The number of H-pyrrole nitrogens is 1. The Morgan fingerprint density at radius 1 is 1.19 bits per heavy atom. The Labute approximate surface area is 189 Å². The average molecular weight is 450 g/mol. The third-order valence-electron chi connectivity index (χ3n) is 5.09. The maximum Gasteiger partial charge on any atom is 0.257 e. The summed E-state index contributed by atoms with van der Waals surface area (Å²) in [6.07, 6.45) is 1.79. The number of thioether (sulfide) groups is 1. The van der Waals surface area contributed by atoms with Crippen molar-refractivity contribution in [3.63, 3.8) is 0 Å². The molecule has 1 amide bonds. The summed E-state index contributed by atoms with van der Waals surface area (Å²) in [5.41, 5.74) is 2.07. The van der Waals surface area contributed by atoms with Gasteiger partial charge in [0.15, 0.2) is 16.7 Å². The van der Waals surface area contributed by atoms with E-state index >= 15 is 0 Å². The van der Waals surface area contributed by atoms with E-state index in [0.717, 1.165) is 11.1 Å². The lowest BCUT2D eigenvalue weighted by molar-refractivity contribution is -0.116. The normalized spacial score (nSPS) is 14.9. The van der Waals surface area contributed by atoms with Crippen LogP contribution in [0.4, 0.5) is 5.82 Å². The average Bonchev–Trinajstić information content (AvgIpc) is 2.81. The van der Waals surface area contributed by atoms with E-state index in [1.807, 2.05) is 36.4 Å². The van der Waals surface area contributed by atoms with Crippen LogP contribution in [-0.2, 0) is 10.5 Å². The molecule has 1 aliphatic heterocycles. The molecule has 0 bridgehead atoms. The zero-order valence-electron chi connectivity index (χ0n) is 17.6. The van der Waals surface area contributed by atoms with E-state index in [0.29, 0.717) is 40.4 Å². The molecular weight excluding hydrogens is 426 g/mol. The summed E-state index contributed by atoms with van der Waals surface area (Å²) in [6, 6.07) is 15.3. The van der Waals surface area contributed by atoms with E-state index in [1.165, 1.54) is 11.8 Å². The number of carbonyl (C=O) groups is 1. The number of hydrogen-bond acceptors (Lipinski definition) is 6. The molecule has 1 atom stereocenters. The molecule has 8 heteroatoms. The predicted octanol–water partition coefficient (Wildman–Crippen LogP) is 4.11. The summed E-state index contributed by atoms with van der Waals surface area (Å²) >= 11 is 1.41. The summed E-state index contributed by atoms with van der Waals surface area (Å²) in [5.74, 6) is 1.42. The predicted molar refractivity (Wildman–Crippen MR) is 125 cm³/mol. The Balaban J connectivity index is 1.65. The molecule has 7 nitrogen and oxygen atoms in total.